The molecule has 146 valence electrons. The number of amides is 1. The summed E-state index contributed by atoms with van der Waals surface area (Å²) in [5, 5.41) is 15.0. The first-order chi connectivity index (χ1) is 13.7. The highest BCUT2D eigenvalue weighted by Gasteiger charge is 2.12. The van der Waals surface area contributed by atoms with Crippen LogP contribution in [0, 0.1) is 0 Å². The molecule has 3 rings (SSSR count). The minimum Gasteiger partial charge on any atom is -0.497 e. The van der Waals surface area contributed by atoms with Crippen LogP contribution in [0.4, 0.5) is 5.95 Å². The largest absolute Gasteiger partial charge is 0.497 e. The Labute approximate surface area is 165 Å². The summed E-state index contributed by atoms with van der Waals surface area (Å²) < 4.78 is 11.4. The lowest BCUT2D eigenvalue weighted by Gasteiger charge is -2.06. The Kier molecular flexibility index (Phi) is 6.52. The van der Waals surface area contributed by atoms with E-state index in [9.17, 15) is 4.79 Å². The zero-order chi connectivity index (χ0) is 19.8. The maximum atomic E-state index is 12.0. The molecule has 0 aliphatic rings. The van der Waals surface area contributed by atoms with Gasteiger partial charge in [-0.15, -0.1) is 10.2 Å². The number of carbonyl (C=O) groups excluding carboxylic acids is 1. The van der Waals surface area contributed by atoms with Gasteiger partial charge >= 0.3 is 0 Å². The quantitative estimate of drug-likeness (QED) is 0.212. The molecule has 0 radical (unpaired) electrons. The number of furan rings is 1. The predicted molar refractivity (Wildman–Crippen MR) is 106 cm³/mol. The molecule has 0 spiro atoms. The van der Waals surface area contributed by atoms with Gasteiger partial charge in [-0.25, -0.2) is 10.1 Å². The van der Waals surface area contributed by atoms with Gasteiger partial charge in [0.05, 0.1) is 25.3 Å². The van der Waals surface area contributed by atoms with Crippen molar-refractivity contribution in [2.45, 2.75) is 11.7 Å². The van der Waals surface area contributed by atoms with E-state index in [1.165, 1.54) is 22.7 Å². The Morgan fingerprint density at radius 2 is 2.18 bits per heavy atom. The number of thioether (sulfide) groups is 1. The number of nitrogens with one attached hydrogen (secondary N) is 2. The number of hydrogen-bond acceptors (Lipinski definition) is 9. The number of nitrogens with zero attached hydrogens (tertiary/aromatic N) is 4. The molecule has 0 atom stereocenters. The van der Waals surface area contributed by atoms with E-state index in [0.717, 1.165) is 11.3 Å². The molecule has 2 aromatic heterocycles. The fraction of sp³-hybridized carbons (Fsp3) is 0.176. The van der Waals surface area contributed by atoms with Gasteiger partial charge in [-0.3, -0.25) is 4.79 Å². The second kappa shape index (κ2) is 9.46. The highest BCUT2D eigenvalue weighted by atomic mass is 32.2. The van der Waals surface area contributed by atoms with Gasteiger partial charge in [0, 0.05) is 6.54 Å². The topological polar surface area (TPSA) is 133 Å². The molecule has 10 nitrogen and oxygen atoms in total. The second-order valence-corrected chi connectivity index (χ2v) is 6.42. The van der Waals surface area contributed by atoms with Crippen molar-refractivity contribution in [1.82, 2.24) is 20.2 Å². The van der Waals surface area contributed by atoms with E-state index in [-0.39, 0.29) is 17.6 Å². The number of ether oxygens (including phenoxy) is 1. The van der Waals surface area contributed by atoms with Crippen LogP contribution in [0.15, 0.2) is 57.3 Å². The van der Waals surface area contributed by atoms with Crippen molar-refractivity contribution in [3.8, 4) is 5.75 Å². The number of nitrogens with two attached hydrogens (primary N) is 1. The van der Waals surface area contributed by atoms with Crippen LogP contribution in [0.25, 0.3) is 0 Å². The van der Waals surface area contributed by atoms with Crippen molar-refractivity contribution in [2.24, 2.45) is 5.10 Å². The average Bonchev–Trinajstić information content (AvgIpc) is 3.36. The Morgan fingerprint density at radius 3 is 2.89 bits per heavy atom. The lowest BCUT2D eigenvalue weighted by atomic mass is 10.2. The minimum atomic E-state index is -0.144. The van der Waals surface area contributed by atoms with Gasteiger partial charge in [0.2, 0.25) is 11.1 Å². The number of methoxy groups -OCH3 is 1. The van der Waals surface area contributed by atoms with Crippen LogP contribution in [0.5, 0.6) is 5.75 Å². The van der Waals surface area contributed by atoms with E-state index < -0.39 is 0 Å². The normalized spacial score (nSPS) is 10.9. The molecule has 0 saturated carbocycles. The van der Waals surface area contributed by atoms with Gasteiger partial charge in [0.25, 0.3) is 5.95 Å². The summed E-state index contributed by atoms with van der Waals surface area (Å²) in [5.41, 5.74) is 3.64. The van der Waals surface area contributed by atoms with Crippen LogP contribution < -0.4 is 21.3 Å². The monoisotopic (exact) mass is 401 g/mol. The highest BCUT2D eigenvalue weighted by molar-refractivity contribution is 7.99. The molecule has 3 aromatic rings. The number of carbonyl (C=O) groups is 1. The van der Waals surface area contributed by atoms with E-state index in [1.807, 2.05) is 24.3 Å². The van der Waals surface area contributed by atoms with Gasteiger partial charge in [-0.1, -0.05) is 23.9 Å². The molecular formula is C17H19N7O3S. The van der Waals surface area contributed by atoms with Crippen LogP contribution >= 0.6 is 11.8 Å². The molecule has 0 aliphatic heterocycles. The molecule has 0 aliphatic carbocycles. The van der Waals surface area contributed by atoms with Crippen molar-refractivity contribution >= 4 is 29.8 Å². The molecule has 1 aromatic carbocycles. The van der Waals surface area contributed by atoms with Crippen molar-refractivity contribution < 1.29 is 13.9 Å². The van der Waals surface area contributed by atoms with Crippen molar-refractivity contribution in [1.29, 1.82) is 0 Å². The standard InChI is InChI=1S/C17H19N7O3S/c1-26-13-6-4-12(5-7-13)9-19-15(25)11-28-17-23-22-16(24(17)18)21-20-10-14-3-2-8-27-14/h2-8,10H,9,11,18H2,1H3,(H,19,25)(H,21,22)/b20-10+. The van der Waals surface area contributed by atoms with E-state index in [4.69, 9.17) is 15.0 Å². The number of hydrazone groups is 1. The van der Waals surface area contributed by atoms with Gasteiger partial charge < -0.3 is 20.3 Å². The Bertz CT molecular complexity index is 923. The molecule has 0 saturated heterocycles. The maximum absolute atomic E-state index is 12.0. The summed E-state index contributed by atoms with van der Waals surface area (Å²) in [6.07, 6.45) is 3.02. The first kappa shape index (κ1) is 19.3. The number of rotatable bonds is 9. The SMILES string of the molecule is COc1ccc(CNC(=O)CSc2nnc(N/N=C/c3ccco3)n2N)cc1. The minimum absolute atomic E-state index is 0.144. The van der Waals surface area contributed by atoms with Gasteiger partial charge in [0.1, 0.15) is 11.5 Å². The average molecular weight is 401 g/mol. The second-order valence-electron chi connectivity index (χ2n) is 5.48. The van der Waals surface area contributed by atoms with E-state index in [0.29, 0.717) is 17.5 Å². The first-order valence-electron chi connectivity index (χ1n) is 8.21. The Hall–Kier alpha value is -3.47. The molecule has 0 fully saturated rings. The van der Waals surface area contributed by atoms with Crippen LogP contribution in [-0.4, -0.2) is 39.9 Å². The molecule has 11 heteroatoms. The summed E-state index contributed by atoms with van der Waals surface area (Å²) in [4.78, 5) is 12.0. The van der Waals surface area contributed by atoms with Crippen LogP contribution in [0.3, 0.4) is 0 Å². The third-order valence-corrected chi connectivity index (χ3v) is 4.49. The van der Waals surface area contributed by atoms with Gasteiger partial charge in [-0.05, 0) is 29.8 Å². The predicted octanol–water partition coefficient (Wildman–Crippen LogP) is 1.45. The van der Waals surface area contributed by atoms with E-state index in [2.05, 4.69) is 26.0 Å². The molecular weight excluding hydrogens is 382 g/mol. The summed E-state index contributed by atoms with van der Waals surface area (Å²) in [6, 6.07) is 11.0. The van der Waals surface area contributed by atoms with E-state index in [1.54, 1.807) is 25.5 Å². The number of anilines is 1. The van der Waals surface area contributed by atoms with Gasteiger partial charge in [-0.2, -0.15) is 5.10 Å². The van der Waals surface area contributed by atoms with Crippen molar-refractivity contribution in [3.05, 3.63) is 54.0 Å². The van der Waals surface area contributed by atoms with Crippen molar-refractivity contribution in [3.63, 3.8) is 0 Å². The molecule has 2 heterocycles. The third-order valence-electron chi connectivity index (χ3n) is 3.55. The fourth-order valence-corrected chi connectivity index (χ4v) is 2.78. The Balaban J connectivity index is 1.44. The first-order valence-corrected chi connectivity index (χ1v) is 9.20. The molecule has 28 heavy (non-hydrogen) atoms. The molecule has 0 unspecified atom stereocenters. The summed E-state index contributed by atoms with van der Waals surface area (Å²) in [5.74, 6) is 7.51. The van der Waals surface area contributed by atoms with Gasteiger partial charge in [0.15, 0.2) is 0 Å². The lowest BCUT2D eigenvalue weighted by Crippen LogP contribution is -2.25. The third kappa shape index (κ3) is 5.27. The maximum Gasteiger partial charge on any atom is 0.264 e. The van der Waals surface area contributed by atoms with Crippen LogP contribution in [-0.2, 0) is 11.3 Å². The number of nitrogen functional groups attached to an aromatic ring is 1. The molecule has 1 amide bonds. The fourth-order valence-electron chi connectivity index (χ4n) is 2.10. The summed E-state index contributed by atoms with van der Waals surface area (Å²) in [6.45, 7) is 0.424. The van der Waals surface area contributed by atoms with Crippen LogP contribution in [0.1, 0.15) is 11.3 Å². The van der Waals surface area contributed by atoms with Crippen molar-refractivity contribution in [2.75, 3.05) is 24.1 Å². The Morgan fingerprint density at radius 1 is 1.36 bits per heavy atom. The highest BCUT2D eigenvalue weighted by Crippen LogP contribution is 2.16. The molecule has 4 N–H and O–H groups in total. The number of hydrogen-bond donors (Lipinski definition) is 3. The summed E-state index contributed by atoms with van der Waals surface area (Å²) in [7, 11) is 1.61. The zero-order valence-corrected chi connectivity index (χ0v) is 15.8. The molecule has 0 bridgehead atoms. The summed E-state index contributed by atoms with van der Waals surface area (Å²) >= 11 is 1.17. The van der Waals surface area contributed by atoms with Crippen LogP contribution in [0.2, 0.25) is 0 Å². The zero-order valence-electron chi connectivity index (χ0n) is 15.0. The number of aromatic nitrogens is 3. The van der Waals surface area contributed by atoms with E-state index >= 15 is 0 Å². The smallest absolute Gasteiger partial charge is 0.264 e. The lowest BCUT2D eigenvalue weighted by molar-refractivity contribution is -0.118. The number of benzene rings is 1.